The van der Waals surface area contributed by atoms with Gasteiger partial charge in [0.15, 0.2) is 5.96 Å². The van der Waals surface area contributed by atoms with Crippen molar-refractivity contribution in [3.05, 3.63) is 21.9 Å². The summed E-state index contributed by atoms with van der Waals surface area (Å²) in [5, 5.41) is 9.02. The highest BCUT2D eigenvalue weighted by Crippen LogP contribution is 2.23. The van der Waals surface area contributed by atoms with Gasteiger partial charge < -0.3 is 20.3 Å². The second kappa shape index (κ2) is 11.5. The highest BCUT2D eigenvalue weighted by molar-refractivity contribution is 7.10. The molecule has 0 saturated carbocycles. The lowest BCUT2D eigenvalue weighted by Gasteiger charge is -2.27. The summed E-state index contributed by atoms with van der Waals surface area (Å²) in [4.78, 5) is 10.7. The standard InChI is InChI=1S/C18H33N5OS/c1-19-18(20-7-11-22(2)9-4-13-24-3)21-8-12-23-10-5-17-16(15-23)6-14-25-17/h6,14H,4-5,7-13,15H2,1-3H3,(H2,19,20,21). The number of thiophene rings is 1. The van der Waals surface area contributed by atoms with Crippen molar-refractivity contribution in [3.63, 3.8) is 0 Å². The van der Waals surface area contributed by atoms with E-state index >= 15 is 0 Å². The van der Waals surface area contributed by atoms with Crippen LogP contribution in [0.2, 0.25) is 0 Å². The number of ether oxygens (including phenoxy) is 1. The van der Waals surface area contributed by atoms with Crippen LogP contribution in [0.1, 0.15) is 16.9 Å². The molecular formula is C18H33N5OS. The molecule has 7 heteroatoms. The number of hydrogen-bond acceptors (Lipinski definition) is 5. The van der Waals surface area contributed by atoms with Crippen molar-refractivity contribution in [2.45, 2.75) is 19.4 Å². The van der Waals surface area contributed by atoms with Crippen LogP contribution in [-0.2, 0) is 17.7 Å². The molecule has 0 amide bonds. The molecule has 1 aromatic heterocycles. The first-order valence-electron chi connectivity index (χ1n) is 9.12. The highest BCUT2D eigenvalue weighted by Gasteiger charge is 2.16. The Morgan fingerprint density at radius 1 is 1.36 bits per heavy atom. The average molecular weight is 368 g/mol. The largest absolute Gasteiger partial charge is 0.385 e. The van der Waals surface area contributed by atoms with Gasteiger partial charge in [0.05, 0.1) is 0 Å². The fourth-order valence-corrected chi connectivity index (χ4v) is 3.90. The van der Waals surface area contributed by atoms with Crippen LogP contribution in [-0.4, -0.2) is 82.8 Å². The molecule has 0 bridgehead atoms. The van der Waals surface area contributed by atoms with Crippen LogP contribution >= 0.6 is 11.3 Å². The summed E-state index contributed by atoms with van der Waals surface area (Å²) in [6.45, 7) is 7.98. The van der Waals surface area contributed by atoms with Crippen molar-refractivity contribution in [3.8, 4) is 0 Å². The van der Waals surface area contributed by atoms with Gasteiger partial charge in [-0.25, -0.2) is 0 Å². The first-order valence-corrected chi connectivity index (χ1v) is 10.0. The molecular weight excluding hydrogens is 334 g/mol. The zero-order valence-corrected chi connectivity index (χ0v) is 16.7. The second-order valence-corrected chi connectivity index (χ2v) is 7.47. The Morgan fingerprint density at radius 3 is 3.00 bits per heavy atom. The van der Waals surface area contributed by atoms with Gasteiger partial charge in [0.1, 0.15) is 0 Å². The van der Waals surface area contributed by atoms with Gasteiger partial charge in [-0.1, -0.05) is 0 Å². The minimum absolute atomic E-state index is 0.824. The van der Waals surface area contributed by atoms with Gasteiger partial charge in [-0.3, -0.25) is 9.89 Å². The number of fused-ring (bicyclic) bond motifs is 1. The van der Waals surface area contributed by atoms with E-state index in [4.69, 9.17) is 4.74 Å². The van der Waals surface area contributed by atoms with Crippen LogP contribution in [0.25, 0.3) is 0 Å². The van der Waals surface area contributed by atoms with Gasteiger partial charge in [0, 0.05) is 71.5 Å². The number of likely N-dealkylation sites (N-methyl/N-ethyl adjacent to an activating group) is 1. The molecule has 6 nitrogen and oxygen atoms in total. The zero-order chi connectivity index (χ0) is 17.9. The van der Waals surface area contributed by atoms with E-state index in [0.29, 0.717) is 0 Å². The Balaban J connectivity index is 1.56. The molecule has 0 atom stereocenters. The number of hydrogen-bond donors (Lipinski definition) is 2. The van der Waals surface area contributed by atoms with Crippen LogP contribution < -0.4 is 10.6 Å². The van der Waals surface area contributed by atoms with Gasteiger partial charge in [0.2, 0.25) is 0 Å². The van der Waals surface area contributed by atoms with Crippen LogP contribution in [0.3, 0.4) is 0 Å². The molecule has 0 saturated heterocycles. The third-order valence-corrected chi connectivity index (χ3v) is 5.53. The SMILES string of the molecule is CN=C(NCCN(C)CCCOC)NCCN1CCc2sccc2C1. The summed E-state index contributed by atoms with van der Waals surface area (Å²) in [5.41, 5.74) is 1.51. The molecule has 2 rings (SSSR count). The van der Waals surface area contributed by atoms with Crippen molar-refractivity contribution in [2.24, 2.45) is 4.99 Å². The Morgan fingerprint density at radius 2 is 2.20 bits per heavy atom. The van der Waals surface area contributed by atoms with E-state index in [1.165, 1.54) is 12.0 Å². The number of aliphatic imine (C=N–C) groups is 1. The number of rotatable bonds is 10. The molecule has 0 fully saturated rings. The lowest BCUT2D eigenvalue weighted by molar-refractivity contribution is 0.180. The van der Waals surface area contributed by atoms with Crippen molar-refractivity contribution in [1.29, 1.82) is 0 Å². The lowest BCUT2D eigenvalue weighted by atomic mass is 10.1. The molecule has 0 aromatic carbocycles. The third kappa shape index (κ3) is 7.32. The van der Waals surface area contributed by atoms with Gasteiger partial charge >= 0.3 is 0 Å². The second-order valence-electron chi connectivity index (χ2n) is 6.47. The van der Waals surface area contributed by atoms with Crippen molar-refractivity contribution < 1.29 is 4.74 Å². The van der Waals surface area contributed by atoms with E-state index in [-0.39, 0.29) is 0 Å². The molecule has 25 heavy (non-hydrogen) atoms. The number of methoxy groups -OCH3 is 1. The minimum atomic E-state index is 0.824. The zero-order valence-electron chi connectivity index (χ0n) is 15.9. The molecule has 0 spiro atoms. The average Bonchev–Trinajstić information content (AvgIpc) is 3.08. The van der Waals surface area contributed by atoms with Crippen LogP contribution in [0.15, 0.2) is 16.4 Å². The van der Waals surface area contributed by atoms with E-state index in [1.807, 2.05) is 18.4 Å². The lowest BCUT2D eigenvalue weighted by Crippen LogP contribution is -2.44. The molecule has 2 N–H and O–H groups in total. The Hall–Kier alpha value is -1.15. The first-order chi connectivity index (χ1) is 12.2. The van der Waals surface area contributed by atoms with Crippen molar-refractivity contribution >= 4 is 17.3 Å². The van der Waals surface area contributed by atoms with Crippen LogP contribution in [0.4, 0.5) is 0 Å². The normalized spacial score (nSPS) is 15.4. The highest BCUT2D eigenvalue weighted by atomic mass is 32.1. The van der Waals surface area contributed by atoms with E-state index in [2.05, 4.69) is 43.9 Å². The van der Waals surface area contributed by atoms with Gasteiger partial charge in [-0.05, 0) is 36.9 Å². The maximum absolute atomic E-state index is 5.09. The first kappa shape index (κ1) is 20.2. The van der Waals surface area contributed by atoms with E-state index in [9.17, 15) is 0 Å². The quantitative estimate of drug-likeness (QED) is 0.370. The summed E-state index contributed by atoms with van der Waals surface area (Å²) >= 11 is 1.89. The van der Waals surface area contributed by atoms with E-state index in [0.717, 1.165) is 64.8 Å². The van der Waals surface area contributed by atoms with Gasteiger partial charge in [0.25, 0.3) is 0 Å². The van der Waals surface area contributed by atoms with Crippen molar-refractivity contribution in [2.75, 3.05) is 67.1 Å². The summed E-state index contributed by atoms with van der Waals surface area (Å²) in [5.74, 6) is 0.888. The summed E-state index contributed by atoms with van der Waals surface area (Å²) in [6.07, 6.45) is 2.26. The predicted molar refractivity (Wildman–Crippen MR) is 107 cm³/mol. The molecule has 1 aromatic rings. The van der Waals surface area contributed by atoms with Crippen molar-refractivity contribution in [1.82, 2.24) is 20.4 Å². The van der Waals surface area contributed by atoms with E-state index in [1.54, 1.807) is 12.0 Å². The molecule has 0 unspecified atom stereocenters. The molecule has 1 aliphatic rings. The molecule has 0 aliphatic carbocycles. The topological polar surface area (TPSA) is 52.1 Å². The Bertz CT molecular complexity index is 519. The number of nitrogens with zero attached hydrogens (tertiary/aromatic N) is 3. The Labute approximate surface area is 156 Å². The summed E-state index contributed by atoms with van der Waals surface area (Å²) in [6, 6.07) is 2.27. The maximum Gasteiger partial charge on any atom is 0.191 e. The van der Waals surface area contributed by atoms with Gasteiger partial charge in [-0.15, -0.1) is 11.3 Å². The molecule has 0 radical (unpaired) electrons. The monoisotopic (exact) mass is 367 g/mol. The third-order valence-electron chi connectivity index (χ3n) is 4.51. The Kier molecular flexibility index (Phi) is 9.25. The van der Waals surface area contributed by atoms with E-state index < -0.39 is 0 Å². The van der Waals surface area contributed by atoms with Gasteiger partial charge in [-0.2, -0.15) is 0 Å². The van der Waals surface area contributed by atoms with Crippen LogP contribution in [0, 0.1) is 0 Å². The van der Waals surface area contributed by atoms with Crippen LogP contribution in [0.5, 0.6) is 0 Å². The number of nitrogens with one attached hydrogen (secondary N) is 2. The summed E-state index contributed by atoms with van der Waals surface area (Å²) < 4.78 is 5.09. The molecule has 2 heterocycles. The molecule has 142 valence electrons. The smallest absolute Gasteiger partial charge is 0.191 e. The fourth-order valence-electron chi connectivity index (χ4n) is 3.01. The number of guanidine groups is 1. The fraction of sp³-hybridized carbons (Fsp3) is 0.722. The minimum Gasteiger partial charge on any atom is -0.385 e. The predicted octanol–water partition coefficient (Wildman–Crippen LogP) is 1.24. The molecule has 1 aliphatic heterocycles. The maximum atomic E-state index is 5.09. The summed E-state index contributed by atoms with van der Waals surface area (Å²) in [7, 11) is 5.72.